The molecule has 4 aromatic rings. The summed E-state index contributed by atoms with van der Waals surface area (Å²) in [5, 5.41) is 0.288. The molecule has 5 rings (SSSR count). The number of aryl methyl sites for hydroxylation is 2. The Hall–Kier alpha value is -4.54. The summed E-state index contributed by atoms with van der Waals surface area (Å²) in [5.41, 5.74) is 1.04. The third kappa shape index (κ3) is 5.26. The second kappa shape index (κ2) is 12.1. The van der Waals surface area contributed by atoms with Crippen molar-refractivity contribution < 1.29 is 13.6 Å². The van der Waals surface area contributed by atoms with Gasteiger partial charge in [0.25, 0.3) is 0 Å². The van der Waals surface area contributed by atoms with E-state index in [1.54, 1.807) is 11.0 Å². The fourth-order valence-electron chi connectivity index (χ4n) is 5.52. The number of aromatic nitrogens is 5. The second-order valence-electron chi connectivity index (χ2n) is 10.4. The number of hydrogen-bond acceptors (Lipinski definition) is 7. The Morgan fingerprint density at radius 1 is 1.05 bits per heavy atom. The number of pyridine rings is 1. The minimum absolute atomic E-state index is 0.0222. The predicted molar refractivity (Wildman–Crippen MR) is 158 cm³/mol. The molecular weight excluding hydrogens is 540 g/mol. The third-order valence-electron chi connectivity index (χ3n) is 7.49. The number of rotatable bonds is 8. The first kappa shape index (κ1) is 29.0. The molecular formula is C31H33F2N7O2. The van der Waals surface area contributed by atoms with Crippen LogP contribution < -0.4 is 10.6 Å². The summed E-state index contributed by atoms with van der Waals surface area (Å²) in [5.74, 6) is -1.32. The van der Waals surface area contributed by atoms with Gasteiger partial charge in [0.05, 0.1) is 22.5 Å². The first-order valence-corrected chi connectivity index (χ1v) is 14.2. The number of fused-ring (bicyclic) bond motifs is 1. The molecule has 1 aliphatic rings. The van der Waals surface area contributed by atoms with Crippen molar-refractivity contribution in [2.75, 3.05) is 24.5 Å². The van der Waals surface area contributed by atoms with Gasteiger partial charge in [0.15, 0.2) is 5.65 Å². The largest absolute Gasteiger partial charge is 0.355 e. The van der Waals surface area contributed by atoms with E-state index in [1.165, 1.54) is 41.2 Å². The fraction of sp³-hybridized carbons (Fsp3) is 0.355. The molecule has 0 bridgehead atoms. The van der Waals surface area contributed by atoms with Crippen LogP contribution in [0.4, 0.5) is 14.6 Å². The zero-order valence-corrected chi connectivity index (χ0v) is 24.0. The van der Waals surface area contributed by atoms with Gasteiger partial charge in [-0.05, 0) is 44.0 Å². The smallest absolute Gasteiger partial charge is 0.350 e. The van der Waals surface area contributed by atoms with Gasteiger partial charge in [0, 0.05) is 31.2 Å². The Morgan fingerprint density at radius 3 is 2.36 bits per heavy atom. The minimum Gasteiger partial charge on any atom is -0.350 e. The lowest BCUT2D eigenvalue weighted by Crippen LogP contribution is -2.54. The number of piperazine rings is 1. The molecule has 218 valence electrons. The van der Waals surface area contributed by atoms with E-state index in [1.807, 2.05) is 25.7 Å². The van der Waals surface area contributed by atoms with Crippen LogP contribution in [0.15, 0.2) is 54.1 Å². The average molecular weight is 574 g/mol. The molecule has 4 heterocycles. The highest BCUT2D eigenvalue weighted by atomic mass is 19.1. The molecule has 0 radical (unpaired) electrons. The maximum absolute atomic E-state index is 15.8. The van der Waals surface area contributed by atoms with Gasteiger partial charge in [-0.2, -0.15) is 4.98 Å². The summed E-state index contributed by atoms with van der Waals surface area (Å²) in [6, 6.07) is 6.83. The first-order chi connectivity index (χ1) is 20.3. The standard InChI is InChI=1S/C31H33F2N7O2/c1-5-10-24-28(25(11-6-2)35-18-34-24)40-30-21(16-23(33)27(36-30)20-12-8-9-13-22(20)32)29(37-31(40)42)39-15-14-38(17-19(39)4)26(41)7-3/h7-9,12-13,16,18-19H,3,5-6,10-11,14-15,17H2,1-2,4H3/t19-/m0/s1. The van der Waals surface area contributed by atoms with Gasteiger partial charge in [0.2, 0.25) is 5.91 Å². The van der Waals surface area contributed by atoms with Crippen molar-refractivity contribution in [1.29, 1.82) is 0 Å². The SMILES string of the molecule is C=CC(=O)N1CCN(c2nc(=O)n(-c3c(CCC)ncnc3CCC)c3nc(-c4ccccc4F)c(F)cc23)[C@@H](C)C1. The van der Waals surface area contributed by atoms with E-state index >= 15 is 4.39 Å². The maximum atomic E-state index is 15.8. The van der Waals surface area contributed by atoms with Crippen LogP contribution in [0.2, 0.25) is 0 Å². The van der Waals surface area contributed by atoms with Crippen LogP contribution in [0.25, 0.3) is 28.0 Å². The minimum atomic E-state index is -0.749. The Labute approximate surface area is 242 Å². The van der Waals surface area contributed by atoms with Gasteiger partial charge in [-0.1, -0.05) is 45.4 Å². The van der Waals surface area contributed by atoms with Crippen molar-refractivity contribution in [1.82, 2.24) is 29.4 Å². The molecule has 0 aliphatic carbocycles. The highest BCUT2D eigenvalue weighted by Crippen LogP contribution is 2.33. The number of carbonyl (C=O) groups excluding carboxylic acids is 1. The molecule has 1 aromatic carbocycles. The number of benzene rings is 1. The van der Waals surface area contributed by atoms with Crippen molar-refractivity contribution in [3.8, 4) is 16.9 Å². The Bertz CT molecular complexity index is 1700. The number of hydrogen-bond donors (Lipinski definition) is 0. The molecule has 1 saturated heterocycles. The van der Waals surface area contributed by atoms with E-state index in [9.17, 15) is 14.0 Å². The molecule has 0 N–H and O–H groups in total. The molecule has 3 aromatic heterocycles. The monoisotopic (exact) mass is 573 g/mol. The van der Waals surface area contributed by atoms with Gasteiger partial charge >= 0.3 is 5.69 Å². The van der Waals surface area contributed by atoms with E-state index in [-0.39, 0.29) is 40.1 Å². The maximum Gasteiger partial charge on any atom is 0.355 e. The van der Waals surface area contributed by atoms with Gasteiger partial charge in [-0.3, -0.25) is 4.79 Å². The number of halogens is 2. The molecule has 0 saturated carbocycles. The van der Waals surface area contributed by atoms with Crippen molar-refractivity contribution >= 4 is 22.8 Å². The summed E-state index contributed by atoms with van der Waals surface area (Å²) in [7, 11) is 0. The van der Waals surface area contributed by atoms with Crippen LogP contribution in [0.3, 0.4) is 0 Å². The summed E-state index contributed by atoms with van der Waals surface area (Å²) >= 11 is 0. The summed E-state index contributed by atoms with van der Waals surface area (Å²) in [4.78, 5) is 47.9. The summed E-state index contributed by atoms with van der Waals surface area (Å²) in [6.45, 7) is 10.6. The molecule has 1 amide bonds. The highest BCUT2D eigenvalue weighted by Gasteiger charge is 2.30. The molecule has 0 unspecified atom stereocenters. The van der Waals surface area contributed by atoms with Crippen LogP contribution in [-0.4, -0.2) is 61.0 Å². The Morgan fingerprint density at radius 2 is 1.74 bits per heavy atom. The lowest BCUT2D eigenvalue weighted by atomic mass is 10.1. The predicted octanol–water partition coefficient (Wildman–Crippen LogP) is 4.64. The van der Waals surface area contributed by atoms with Gasteiger partial charge < -0.3 is 9.80 Å². The van der Waals surface area contributed by atoms with E-state index in [0.29, 0.717) is 49.6 Å². The summed E-state index contributed by atoms with van der Waals surface area (Å²) < 4.78 is 32.1. The van der Waals surface area contributed by atoms with Gasteiger partial charge in [-0.15, -0.1) is 0 Å². The van der Waals surface area contributed by atoms with Crippen molar-refractivity contribution in [2.24, 2.45) is 0 Å². The van der Waals surface area contributed by atoms with Crippen LogP contribution in [-0.2, 0) is 17.6 Å². The van der Waals surface area contributed by atoms with Crippen molar-refractivity contribution in [2.45, 2.75) is 52.5 Å². The van der Waals surface area contributed by atoms with Crippen LogP contribution in [0, 0.1) is 11.6 Å². The number of carbonyl (C=O) groups is 1. The molecule has 1 fully saturated rings. The van der Waals surface area contributed by atoms with Crippen molar-refractivity contribution in [3.63, 3.8) is 0 Å². The van der Waals surface area contributed by atoms with E-state index in [0.717, 1.165) is 12.8 Å². The fourth-order valence-corrected chi connectivity index (χ4v) is 5.52. The summed E-state index contributed by atoms with van der Waals surface area (Å²) in [6.07, 6.45) is 5.43. The van der Waals surface area contributed by atoms with E-state index in [4.69, 9.17) is 0 Å². The first-order valence-electron chi connectivity index (χ1n) is 14.2. The number of anilines is 1. The van der Waals surface area contributed by atoms with Crippen LogP contribution in [0.5, 0.6) is 0 Å². The van der Waals surface area contributed by atoms with E-state index < -0.39 is 17.3 Å². The Kier molecular flexibility index (Phi) is 8.37. The van der Waals surface area contributed by atoms with Crippen molar-refractivity contribution in [3.05, 3.63) is 82.8 Å². The van der Waals surface area contributed by atoms with Crippen LogP contribution >= 0.6 is 0 Å². The highest BCUT2D eigenvalue weighted by molar-refractivity contribution is 5.91. The molecule has 1 aliphatic heterocycles. The number of nitrogens with zero attached hydrogens (tertiary/aromatic N) is 7. The quantitative estimate of drug-likeness (QED) is 0.283. The third-order valence-corrected chi connectivity index (χ3v) is 7.49. The van der Waals surface area contributed by atoms with E-state index in [2.05, 4.69) is 26.5 Å². The average Bonchev–Trinajstić information content (AvgIpc) is 2.98. The lowest BCUT2D eigenvalue weighted by molar-refractivity contribution is -0.126. The van der Waals surface area contributed by atoms with Gasteiger partial charge in [0.1, 0.15) is 29.5 Å². The lowest BCUT2D eigenvalue weighted by Gasteiger charge is -2.40. The zero-order valence-electron chi connectivity index (χ0n) is 24.0. The molecule has 1 atom stereocenters. The normalized spacial score (nSPS) is 15.3. The molecule has 0 spiro atoms. The molecule has 9 nitrogen and oxygen atoms in total. The number of amides is 1. The Balaban J connectivity index is 1.82. The van der Waals surface area contributed by atoms with Gasteiger partial charge in [-0.25, -0.2) is 33.1 Å². The zero-order chi connectivity index (χ0) is 30.0. The van der Waals surface area contributed by atoms with Crippen LogP contribution in [0.1, 0.15) is 45.0 Å². The topological polar surface area (TPSA) is 97.1 Å². The molecule has 42 heavy (non-hydrogen) atoms. The molecule has 11 heteroatoms. The second-order valence-corrected chi connectivity index (χ2v) is 10.4.